The second-order valence-corrected chi connectivity index (χ2v) is 3.59. The summed E-state index contributed by atoms with van der Waals surface area (Å²) in [6.07, 6.45) is -16.9. The Labute approximate surface area is 111 Å². The van der Waals surface area contributed by atoms with Gasteiger partial charge in [-0.15, -0.1) is 6.58 Å². The van der Waals surface area contributed by atoms with Crippen molar-refractivity contribution in [1.82, 2.24) is 0 Å². The van der Waals surface area contributed by atoms with Crippen molar-refractivity contribution in [2.75, 3.05) is 13.2 Å². The second-order valence-electron chi connectivity index (χ2n) is 3.59. The van der Waals surface area contributed by atoms with Crippen LogP contribution in [0.25, 0.3) is 0 Å². The Morgan fingerprint density at radius 3 is 1.81 bits per heavy atom. The molecule has 2 nitrogen and oxygen atoms in total. The van der Waals surface area contributed by atoms with E-state index < -0.39 is 43.7 Å². The Kier molecular flexibility index (Phi) is 6.06. The zero-order valence-electron chi connectivity index (χ0n) is 9.87. The van der Waals surface area contributed by atoms with E-state index in [1.54, 1.807) is 0 Å². The van der Waals surface area contributed by atoms with Crippen LogP contribution in [0.2, 0.25) is 0 Å². The third kappa shape index (κ3) is 4.73. The van der Waals surface area contributed by atoms with Gasteiger partial charge in [0.15, 0.2) is 0 Å². The van der Waals surface area contributed by atoms with E-state index in [-0.39, 0.29) is 0 Å². The molecule has 0 bridgehead atoms. The third-order valence-electron chi connectivity index (χ3n) is 1.84. The molecule has 0 spiro atoms. The number of hydrogen-bond acceptors (Lipinski definition) is 2. The number of halogens is 10. The van der Waals surface area contributed by atoms with E-state index >= 15 is 0 Å². The van der Waals surface area contributed by atoms with Crippen molar-refractivity contribution in [3.8, 4) is 0 Å². The fraction of sp³-hybridized carbons (Fsp3) is 0.778. The highest BCUT2D eigenvalue weighted by molar-refractivity contribution is 4.86. The zero-order chi connectivity index (χ0) is 17.1. The molecule has 1 atom stereocenters. The maximum atomic E-state index is 12.8. The van der Waals surface area contributed by atoms with Gasteiger partial charge in [-0.3, -0.25) is 4.74 Å². The summed E-state index contributed by atoms with van der Waals surface area (Å²) in [4.78, 5) is 0. The Balaban J connectivity index is 4.96. The SMILES string of the molecule is C=CCOCC(F)(F)C(F)OC(F)(F)C(F)(F)C(F)(F)F. The van der Waals surface area contributed by atoms with Gasteiger partial charge in [-0.2, -0.15) is 39.5 Å². The van der Waals surface area contributed by atoms with E-state index in [0.717, 1.165) is 6.08 Å². The molecule has 1 unspecified atom stereocenters. The molecule has 0 aliphatic carbocycles. The molecule has 0 aliphatic rings. The quantitative estimate of drug-likeness (QED) is 0.379. The Hall–Kier alpha value is -1.04. The van der Waals surface area contributed by atoms with Gasteiger partial charge < -0.3 is 4.74 Å². The molecule has 0 fully saturated rings. The highest BCUT2D eigenvalue weighted by Crippen LogP contribution is 2.48. The Morgan fingerprint density at radius 1 is 0.952 bits per heavy atom. The summed E-state index contributed by atoms with van der Waals surface area (Å²) in [5, 5.41) is 0. The van der Waals surface area contributed by atoms with E-state index in [1.807, 2.05) is 0 Å². The van der Waals surface area contributed by atoms with Crippen LogP contribution in [0.15, 0.2) is 12.7 Å². The first-order valence-electron chi connectivity index (χ1n) is 4.89. The minimum Gasteiger partial charge on any atom is -0.371 e. The van der Waals surface area contributed by atoms with Crippen LogP contribution in [-0.4, -0.2) is 43.7 Å². The molecule has 0 saturated carbocycles. The summed E-state index contributed by atoms with van der Waals surface area (Å²) >= 11 is 0. The summed E-state index contributed by atoms with van der Waals surface area (Å²) in [7, 11) is 0. The van der Waals surface area contributed by atoms with Gasteiger partial charge in [0, 0.05) is 0 Å². The van der Waals surface area contributed by atoms with Gasteiger partial charge in [-0.1, -0.05) is 6.08 Å². The number of hydrogen-bond donors (Lipinski definition) is 0. The molecule has 126 valence electrons. The number of ether oxygens (including phenoxy) is 2. The van der Waals surface area contributed by atoms with Crippen LogP contribution in [0, 0.1) is 0 Å². The molecule has 0 heterocycles. The first kappa shape index (κ1) is 20.0. The van der Waals surface area contributed by atoms with Crippen LogP contribution in [0.5, 0.6) is 0 Å². The third-order valence-corrected chi connectivity index (χ3v) is 1.84. The lowest BCUT2D eigenvalue weighted by Crippen LogP contribution is -2.56. The van der Waals surface area contributed by atoms with Crippen molar-refractivity contribution in [1.29, 1.82) is 0 Å². The summed E-state index contributed by atoms with van der Waals surface area (Å²) in [5.41, 5.74) is 0. The first-order chi connectivity index (χ1) is 9.19. The summed E-state index contributed by atoms with van der Waals surface area (Å²) in [6, 6.07) is 0. The molecule has 0 amide bonds. The fourth-order valence-corrected chi connectivity index (χ4v) is 0.799. The molecule has 0 radical (unpaired) electrons. The van der Waals surface area contributed by atoms with E-state index in [0.29, 0.717) is 0 Å². The average molecular weight is 338 g/mol. The minimum atomic E-state index is -6.86. The van der Waals surface area contributed by atoms with Gasteiger partial charge in [0.25, 0.3) is 6.36 Å². The van der Waals surface area contributed by atoms with Crippen LogP contribution in [-0.2, 0) is 9.47 Å². The van der Waals surface area contributed by atoms with Crippen LogP contribution in [0.1, 0.15) is 0 Å². The number of rotatable bonds is 8. The highest BCUT2D eigenvalue weighted by Gasteiger charge is 2.75. The molecule has 0 N–H and O–H groups in total. The zero-order valence-corrected chi connectivity index (χ0v) is 9.87. The van der Waals surface area contributed by atoms with Crippen molar-refractivity contribution >= 4 is 0 Å². The standard InChI is InChI=1S/C9H8F10O2/c1-2-3-20-4-6(11,12)5(10)21-9(18,19)7(13,14)8(15,16)17/h2,5H,1,3-4H2. The Morgan fingerprint density at radius 2 is 1.43 bits per heavy atom. The van der Waals surface area contributed by atoms with Crippen molar-refractivity contribution in [3.05, 3.63) is 12.7 Å². The van der Waals surface area contributed by atoms with Crippen molar-refractivity contribution < 1.29 is 53.4 Å². The monoisotopic (exact) mass is 338 g/mol. The van der Waals surface area contributed by atoms with Gasteiger partial charge in [0.2, 0.25) is 0 Å². The molecular weight excluding hydrogens is 330 g/mol. The average Bonchev–Trinajstić information content (AvgIpc) is 2.26. The van der Waals surface area contributed by atoms with E-state index in [4.69, 9.17) is 0 Å². The molecule has 0 aromatic heterocycles. The molecule has 0 saturated heterocycles. The van der Waals surface area contributed by atoms with E-state index in [1.165, 1.54) is 0 Å². The highest BCUT2D eigenvalue weighted by atomic mass is 19.4. The van der Waals surface area contributed by atoms with Gasteiger partial charge >= 0.3 is 24.1 Å². The molecule has 21 heavy (non-hydrogen) atoms. The lowest BCUT2D eigenvalue weighted by Gasteiger charge is -2.30. The molecule has 0 rings (SSSR count). The molecule has 0 aliphatic heterocycles. The van der Waals surface area contributed by atoms with Crippen molar-refractivity contribution in [2.24, 2.45) is 0 Å². The molecular formula is C9H8F10O2. The topological polar surface area (TPSA) is 18.5 Å². The lowest BCUT2D eigenvalue weighted by atomic mass is 10.3. The van der Waals surface area contributed by atoms with Crippen molar-refractivity contribution in [2.45, 2.75) is 30.5 Å². The maximum Gasteiger partial charge on any atom is 0.462 e. The molecule has 0 aromatic carbocycles. The van der Waals surface area contributed by atoms with Crippen LogP contribution < -0.4 is 0 Å². The van der Waals surface area contributed by atoms with Crippen LogP contribution in [0.3, 0.4) is 0 Å². The van der Waals surface area contributed by atoms with Gasteiger partial charge in [0.1, 0.15) is 6.61 Å². The number of alkyl halides is 10. The minimum absolute atomic E-state index is 0.572. The Bertz CT molecular complexity index is 351. The van der Waals surface area contributed by atoms with Gasteiger partial charge in [-0.25, -0.2) is 4.39 Å². The fourth-order valence-electron chi connectivity index (χ4n) is 0.799. The summed E-state index contributed by atoms with van der Waals surface area (Å²) < 4.78 is 129. The van der Waals surface area contributed by atoms with E-state index in [9.17, 15) is 43.9 Å². The maximum absolute atomic E-state index is 12.8. The van der Waals surface area contributed by atoms with Crippen LogP contribution >= 0.6 is 0 Å². The second kappa shape index (κ2) is 6.38. The molecule has 12 heteroatoms. The lowest BCUT2D eigenvalue weighted by molar-refractivity contribution is -0.451. The van der Waals surface area contributed by atoms with Crippen molar-refractivity contribution in [3.63, 3.8) is 0 Å². The molecule has 0 aromatic rings. The predicted molar refractivity (Wildman–Crippen MR) is 47.9 cm³/mol. The van der Waals surface area contributed by atoms with Crippen LogP contribution in [0.4, 0.5) is 43.9 Å². The first-order valence-corrected chi connectivity index (χ1v) is 4.89. The predicted octanol–water partition coefficient (Wildman–Crippen LogP) is 3.93. The van der Waals surface area contributed by atoms with Gasteiger partial charge in [0.05, 0.1) is 6.61 Å². The smallest absolute Gasteiger partial charge is 0.371 e. The van der Waals surface area contributed by atoms with E-state index in [2.05, 4.69) is 16.1 Å². The summed E-state index contributed by atoms with van der Waals surface area (Å²) in [6.45, 7) is 0.538. The van der Waals surface area contributed by atoms with Gasteiger partial charge in [-0.05, 0) is 0 Å². The normalized spacial score (nSPS) is 15.9. The summed E-state index contributed by atoms with van der Waals surface area (Å²) in [5.74, 6) is -11.7. The largest absolute Gasteiger partial charge is 0.462 e.